The Labute approximate surface area is 188 Å². The highest BCUT2D eigenvalue weighted by atomic mass is 16.5. The van der Waals surface area contributed by atoms with E-state index in [2.05, 4.69) is 15.1 Å². The number of rotatable bonds is 5. The molecule has 5 rings (SSSR count). The highest BCUT2D eigenvalue weighted by Gasteiger charge is 2.19. The van der Waals surface area contributed by atoms with E-state index in [1.54, 1.807) is 37.6 Å². The molecule has 8 nitrogen and oxygen atoms in total. The van der Waals surface area contributed by atoms with Gasteiger partial charge in [-0.1, -0.05) is 41.6 Å². The summed E-state index contributed by atoms with van der Waals surface area (Å²) >= 11 is 0. The fourth-order valence-corrected chi connectivity index (χ4v) is 3.66. The Hall–Kier alpha value is -4.59. The number of pyridine rings is 2. The fourth-order valence-electron chi connectivity index (χ4n) is 3.66. The van der Waals surface area contributed by atoms with Crippen molar-refractivity contribution in [3.8, 4) is 22.8 Å². The van der Waals surface area contributed by atoms with Gasteiger partial charge in [-0.05, 0) is 30.3 Å². The second-order valence-corrected chi connectivity index (χ2v) is 7.45. The number of fused-ring (bicyclic) bond motifs is 1. The quantitative estimate of drug-likeness (QED) is 0.415. The first-order valence-corrected chi connectivity index (χ1v) is 10.3. The monoisotopic (exact) mass is 437 g/mol. The van der Waals surface area contributed by atoms with Gasteiger partial charge in [-0.15, -0.1) is 0 Å². The molecule has 0 aliphatic rings. The molecule has 3 heterocycles. The van der Waals surface area contributed by atoms with Gasteiger partial charge in [0.25, 0.3) is 11.4 Å². The molecule has 0 fully saturated rings. The third kappa shape index (κ3) is 3.89. The molecular weight excluding hydrogens is 418 g/mol. The highest BCUT2D eigenvalue weighted by Crippen LogP contribution is 2.28. The van der Waals surface area contributed by atoms with E-state index < -0.39 is 0 Å². The van der Waals surface area contributed by atoms with E-state index in [0.717, 1.165) is 16.6 Å². The SMILES string of the molecule is CN(C(=O)Cn1c(=O)cc(-c2nc(-c3ccncc3)no2)c2ccccc21)c1ccccc1. The van der Waals surface area contributed by atoms with Gasteiger partial charge in [-0.2, -0.15) is 4.98 Å². The molecule has 0 radical (unpaired) electrons. The molecule has 0 spiro atoms. The number of carbonyl (C=O) groups is 1. The van der Waals surface area contributed by atoms with Crippen molar-refractivity contribution in [2.45, 2.75) is 6.54 Å². The van der Waals surface area contributed by atoms with Crippen molar-refractivity contribution < 1.29 is 9.32 Å². The number of benzene rings is 2. The summed E-state index contributed by atoms with van der Waals surface area (Å²) in [4.78, 5) is 36.0. The topological polar surface area (TPSA) is 94.1 Å². The van der Waals surface area contributed by atoms with Crippen molar-refractivity contribution in [1.29, 1.82) is 0 Å². The summed E-state index contributed by atoms with van der Waals surface area (Å²) in [5.41, 5.74) is 2.31. The summed E-state index contributed by atoms with van der Waals surface area (Å²) in [6, 6.07) is 21.6. The van der Waals surface area contributed by atoms with E-state index in [4.69, 9.17) is 4.52 Å². The van der Waals surface area contributed by atoms with Crippen molar-refractivity contribution in [3.63, 3.8) is 0 Å². The molecule has 0 saturated carbocycles. The van der Waals surface area contributed by atoms with Crippen LogP contribution in [0.2, 0.25) is 0 Å². The molecule has 0 aliphatic carbocycles. The zero-order valence-electron chi connectivity index (χ0n) is 17.8. The molecule has 5 aromatic rings. The van der Waals surface area contributed by atoms with Crippen LogP contribution in [0, 0.1) is 0 Å². The lowest BCUT2D eigenvalue weighted by atomic mass is 10.1. The van der Waals surface area contributed by atoms with E-state index in [1.807, 2.05) is 48.5 Å². The van der Waals surface area contributed by atoms with Crippen LogP contribution in [0.15, 0.2) is 94.5 Å². The minimum atomic E-state index is -0.331. The average molecular weight is 437 g/mol. The van der Waals surface area contributed by atoms with E-state index in [1.165, 1.54) is 15.5 Å². The number of para-hydroxylation sites is 2. The minimum absolute atomic E-state index is 0.100. The Balaban J connectivity index is 1.54. The highest BCUT2D eigenvalue weighted by molar-refractivity contribution is 5.96. The number of likely N-dealkylation sites (N-methyl/N-ethyl adjacent to an activating group) is 1. The third-order valence-corrected chi connectivity index (χ3v) is 5.42. The minimum Gasteiger partial charge on any atom is -0.334 e. The summed E-state index contributed by atoms with van der Waals surface area (Å²) < 4.78 is 6.94. The van der Waals surface area contributed by atoms with Crippen LogP contribution in [0.4, 0.5) is 5.69 Å². The standard InChI is InChI=1S/C25H19N5O3/c1-29(18-7-3-2-4-8-18)23(32)16-30-21-10-6-5-9-19(21)20(15-22(30)31)25-27-24(28-33-25)17-11-13-26-14-12-17/h2-15H,16H2,1H3. The van der Waals surface area contributed by atoms with Crippen molar-refractivity contribution in [2.75, 3.05) is 11.9 Å². The van der Waals surface area contributed by atoms with Crippen LogP contribution >= 0.6 is 0 Å². The van der Waals surface area contributed by atoms with Gasteiger partial charge in [0, 0.05) is 42.1 Å². The fraction of sp³-hybridized carbons (Fsp3) is 0.0800. The summed E-state index contributed by atoms with van der Waals surface area (Å²) in [6.07, 6.45) is 3.29. The lowest BCUT2D eigenvalue weighted by Gasteiger charge is -2.19. The van der Waals surface area contributed by atoms with Crippen LogP contribution in [0.1, 0.15) is 0 Å². The van der Waals surface area contributed by atoms with E-state index in [9.17, 15) is 9.59 Å². The maximum Gasteiger partial charge on any atom is 0.259 e. The first-order valence-electron chi connectivity index (χ1n) is 10.3. The van der Waals surface area contributed by atoms with E-state index in [0.29, 0.717) is 16.9 Å². The van der Waals surface area contributed by atoms with Gasteiger partial charge in [0.2, 0.25) is 11.7 Å². The summed E-state index contributed by atoms with van der Waals surface area (Å²) in [7, 11) is 1.69. The number of hydrogen-bond donors (Lipinski definition) is 0. The second-order valence-electron chi connectivity index (χ2n) is 7.45. The first kappa shape index (κ1) is 20.3. The first-order chi connectivity index (χ1) is 16.1. The number of nitrogens with zero attached hydrogens (tertiary/aromatic N) is 5. The molecule has 162 valence electrons. The smallest absolute Gasteiger partial charge is 0.259 e. The summed E-state index contributed by atoms with van der Waals surface area (Å²) in [6.45, 7) is -0.100. The van der Waals surface area contributed by atoms with Crippen LogP contribution in [-0.4, -0.2) is 32.6 Å². The van der Waals surface area contributed by atoms with Gasteiger partial charge in [0.05, 0.1) is 11.1 Å². The number of amides is 1. The van der Waals surface area contributed by atoms with Crippen molar-refractivity contribution >= 4 is 22.5 Å². The number of carbonyl (C=O) groups excluding carboxylic acids is 1. The number of hydrogen-bond acceptors (Lipinski definition) is 6. The van der Waals surface area contributed by atoms with Crippen LogP contribution in [0.25, 0.3) is 33.7 Å². The summed E-state index contributed by atoms with van der Waals surface area (Å²) in [5.74, 6) is 0.425. The predicted octanol–water partition coefficient (Wildman–Crippen LogP) is 3.78. The Bertz CT molecular complexity index is 1490. The molecule has 0 saturated heterocycles. The predicted molar refractivity (Wildman–Crippen MR) is 125 cm³/mol. The molecule has 1 amide bonds. The number of aromatic nitrogens is 4. The number of anilines is 1. The Kier molecular flexibility index (Phi) is 5.24. The molecule has 8 heteroatoms. The molecule has 0 unspecified atom stereocenters. The lowest BCUT2D eigenvalue weighted by molar-refractivity contribution is -0.118. The maximum absolute atomic E-state index is 13.1. The van der Waals surface area contributed by atoms with Gasteiger partial charge in [-0.3, -0.25) is 19.1 Å². The molecule has 33 heavy (non-hydrogen) atoms. The lowest BCUT2D eigenvalue weighted by Crippen LogP contribution is -2.34. The second kappa shape index (κ2) is 8.51. The average Bonchev–Trinajstić information content (AvgIpc) is 3.36. The van der Waals surface area contributed by atoms with Gasteiger partial charge in [-0.25, -0.2) is 0 Å². The molecule has 0 N–H and O–H groups in total. The van der Waals surface area contributed by atoms with Crippen molar-refractivity contribution in [3.05, 3.63) is 95.5 Å². The zero-order valence-corrected chi connectivity index (χ0v) is 17.8. The van der Waals surface area contributed by atoms with Crippen molar-refractivity contribution in [2.24, 2.45) is 0 Å². The summed E-state index contributed by atoms with van der Waals surface area (Å²) in [5, 5.41) is 4.78. The van der Waals surface area contributed by atoms with Gasteiger partial charge < -0.3 is 9.42 Å². The molecule has 0 atom stereocenters. The molecule has 0 aliphatic heterocycles. The van der Waals surface area contributed by atoms with Gasteiger partial charge in [0.1, 0.15) is 6.54 Å². The maximum atomic E-state index is 13.1. The molecular formula is C25H19N5O3. The largest absolute Gasteiger partial charge is 0.334 e. The van der Waals surface area contributed by atoms with Gasteiger partial charge >= 0.3 is 0 Å². The Morgan fingerprint density at radius 1 is 1.00 bits per heavy atom. The molecule has 0 bridgehead atoms. The third-order valence-electron chi connectivity index (χ3n) is 5.42. The zero-order chi connectivity index (χ0) is 22.8. The molecule has 2 aromatic carbocycles. The Morgan fingerprint density at radius 3 is 2.52 bits per heavy atom. The van der Waals surface area contributed by atoms with Crippen LogP contribution in [-0.2, 0) is 11.3 Å². The van der Waals surface area contributed by atoms with Gasteiger partial charge in [0.15, 0.2) is 0 Å². The van der Waals surface area contributed by atoms with Crippen LogP contribution in [0.5, 0.6) is 0 Å². The Morgan fingerprint density at radius 2 is 1.73 bits per heavy atom. The van der Waals surface area contributed by atoms with E-state index >= 15 is 0 Å². The normalized spacial score (nSPS) is 10.9. The van der Waals surface area contributed by atoms with Crippen molar-refractivity contribution in [1.82, 2.24) is 19.7 Å². The van der Waals surface area contributed by atoms with Crippen LogP contribution in [0.3, 0.4) is 0 Å². The van der Waals surface area contributed by atoms with Crippen LogP contribution < -0.4 is 10.5 Å². The molecule has 3 aromatic heterocycles. The van der Waals surface area contributed by atoms with E-state index in [-0.39, 0.29) is 23.9 Å².